The van der Waals surface area contributed by atoms with Crippen LogP contribution in [0.4, 0.5) is 0 Å². The molecule has 2 aromatic rings. The number of hydrogen-bond acceptors (Lipinski definition) is 11. The highest BCUT2D eigenvalue weighted by atomic mass is 16.7. The van der Waals surface area contributed by atoms with Gasteiger partial charge >= 0.3 is 5.97 Å². The Hall–Kier alpha value is -3.09. The van der Waals surface area contributed by atoms with Crippen molar-refractivity contribution < 1.29 is 54.0 Å². The predicted molar refractivity (Wildman–Crippen MR) is 114 cm³/mol. The van der Waals surface area contributed by atoms with Crippen molar-refractivity contribution in [2.45, 2.75) is 43.2 Å². The SMILES string of the molecule is COc1cc([C@H]2Cc3cccc(O)c3C(=O)O2)cc(OC)c1O[C@H]1O[C@H](CO)[C@@H](O)[C@H](O)[C@H]1O. The van der Waals surface area contributed by atoms with E-state index in [2.05, 4.69) is 0 Å². The summed E-state index contributed by atoms with van der Waals surface area (Å²) in [5.41, 5.74) is 1.28. The Morgan fingerprint density at radius 2 is 1.71 bits per heavy atom. The lowest BCUT2D eigenvalue weighted by molar-refractivity contribution is -0.277. The molecular weight excluding hydrogens is 452 g/mol. The van der Waals surface area contributed by atoms with Crippen LogP contribution in [0.15, 0.2) is 30.3 Å². The zero-order chi connectivity index (χ0) is 24.6. The number of aliphatic hydroxyl groups excluding tert-OH is 4. The van der Waals surface area contributed by atoms with Crippen LogP contribution in [-0.4, -0.2) is 83.0 Å². The number of rotatable bonds is 6. The third-order valence-electron chi connectivity index (χ3n) is 5.92. The smallest absolute Gasteiger partial charge is 0.342 e. The van der Waals surface area contributed by atoms with Gasteiger partial charge < -0.3 is 49.2 Å². The maximum atomic E-state index is 12.5. The summed E-state index contributed by atoms with van der Waals surface area (Å²) in [6, 6.07) is 7.91. The van der Waals surface area contributed by atoms with Crippen LogP contribution in [0.2, 0.25) is 0 Å². The lowest BCUT2D eigenvalue weighted by atomic mass is 9.93. The number of hydrogen-bond donors (Lipinski definition) is 5. The molecule has 11 nitrogen and oxygen atoms in total. The molecule has 0 unspecified atom stereocenters. The predicted octanol–water partition coefficient (Wildman–Crippen LogP) is 0.0423. The largest absolute Gasteiger partial charge is 0.507 e. The number of ether oxygens (including phenoxy) is 5. The lowest BCUT2D eigenvalue weighted by Crippen LogP contribution is -2.60. The number of benzene rings is 2. The van der Waals surface area contributed by atoms with Crippen molar-refractivity contribution in [3.63, 3.8) is 0 Å². The van der Waals surface area contributed by atoms with E-state index in [1.54, 1.807) is 24.3 Å². The van der Waals surface area contributed by atoms with Gasteiger partial charge in [0, 0.05) is 12.0 Å². The first-order chi connectivity index (χ1) is 16.3. The van der Waals surface area contributed by atoms with Crippen LogP contribution in [0.3, 0.4) is 0 Å². The summed E-state index contributed by atoms with van der Waals surface area (Å²) >= 11 is 0. The quantitative estimate of drug-likeness (QED) is 0.356. The number of aromatic hydroxyl groups is 1. The Balaban J connectivity index is 1.65. The number of methoxy groups -OCH3 is 2. The number of phenolic OH excluding ortho intramolecular Hbond substituents is 1. The molecule has 0 bridgehead atoms. The summed E-state index contributed by atoms with van der Waals surface area (Å²) in [4.78, 5) is 12.5. The molecule has 0 saturated carbocycles. The van der Waals surface area contributed by atoms with Crippen LogP contribution < -0.4 is 14.2 Å². The van der Waals surface area contributed by atoms with Crippen LogP contribution in [0.5, 0.6) is 23.0 Å². The topological polar surface area (TPSA) is 164 Å². The minimum atomic E-state index is -1.63. The molecule has 2 aliphatic rings. The molecule has 2 aromatic carbocycles. The van der Waals surface area contributed by atoms with Crippen molar-refractivity contribution in [3.05, 3.63) is 47.0 Å². The molecule has 1 fully saturated rings. The maximum Gasteiger partial charge on any atom is 0.342 e. The highest BCUT2D eigenvalue weighted by Gasteiger charge is 2.45. The normalized spacial score (nSPS) is 28.6. The fourth-order valence-electron chi connectivity index (χ4n) is 4.09. The molecule has 34 heavy (non-hydrogen) atoms. The monoisotopic (exact) mass is 478 g/mol. The maximum absolute atomic E-state index is 12.5. The summed E-state index contributed by atoms with van der Waals surface area (Å²) in [5, 5.41) is 49.7. The first-order valence-electron chi connectivity index (χ1n) is 10.5. The lowest BCUT2D eigenvalue weighted by Gasteiger charge is -2.39. The Morgan fingerprint density at radius 3 is 2.32 bits per heavy atom. The van der Waals surface area contributed by atoms with E-state index in [9.17, 15) is 30.3 Å². The molecule has 2 heterocycles. The Labute approximate surface area is 194 Å². The first-order valence-corrected chi connectivity index (χ1v) is 10.5. The van der Waals surface area contributed by atoms with Gasteiger partial charge in [-0.25, -0.2) is 4.79 Å². The molecule has 11 heteroatoms. The molecule has 184 valence electrons. The van der Waals surface area contributed by atoms with Crippen LogP contribution in [0.1, 0.15) is 27.6 Å². The number of esters is 1. The van der Waals surface area contributed by atoms with Gasteiger partial charge in [0.25, 0.3) is 0 Å². The van der Waals surface area contributed by atoms with E-state index in [1.807, 2.05) is 0 Å². The molecular formula is C23H26O11. The molecule has 0 radical (unpaired) electrons. The van der Waals surface area contributed by atoms with Crippen LogP contribution in [-0.2, 0) is 15.9 Å². The zero-order valence-corrected chi connectivity index (χ0v) is 18.5. The van der Waals surface area contributed by atoms with E-state index >= 15 is 0 Å². The van der Waals surface area contributed by atoms with Crippen molar-refractivity contribution in [1.29, 1.82) is 0 Å². The van der Waals surface area contributed by atoms with Gasteiger partial charge in [0.15, 0.2) is 11.5 Å². The Kier molecular flexibility index (Phi) is 6.82. The van der Waals surface area contributed by atoms with Gasteiger partial charge in [-0.3, -0.25) is 0 Å². The van der Waals surface area contributed by atoms with E-state index < -0.39 is 49.4 Å². The van der Waals surface area contributed by atoms with Crippen molar-refractivity contribution in [2.24, 2.45) is 0 Å². The van der Waals surface area contributed by atoms with Gasteiger partial charge in [-0.2, -0.15) is 0 Å². The first kappa shape index (κ1) is 24.0. The summed E-state index contributed by atoms with van der Waals surface area (Å²) < 4.78 is 27.6. The number of carbonyl (C=O) groups excluding carboxylic acids is 1. The molecule has 4 rings (SSSR count). The fraction of sp³-hybridized carbons (Fsp3) is 0.435. The minimum absolute atomic E-state index is 0.0262. The van der Waals surface area contributed by atoms with Crippen LogP contribution in [0, 0.1) is 0 Å². The average Bonchev–Trinajstić information content (AvgIpc) is 2.83. The molecule has 2 aliphatic heterocycles. The third-order valence-corrected chi connectivity index (χ3v) is 5.92. The molecule has 0 spiro atoms. The number of fused-ring (bicyclic) bond motifs is 1. The van der Waals surface area contributed by atoms with Crippen molar-refractivity contribution in [2.75, 3.05) is 20.8 Å². The van der Waals surface area contributed by atoms with Crippen molar-refractivity contribution >= 4 is 5.97 Å². The zero-order valence-electron chi connectivity index (χ0n) is 18.5. The average molecular weight is 478 g/mol. The van der Waals surface area contributed by atoms with Gasteiger partial charge in [-0.05, 0) is 23.8 Å². The Bertz CT molecular complexity index is 1030. The van der Waals surface area contributed by atoms with Crippen molar-refractivity contribution in [1.82, 2.24) is 0 Å². The second-order valence-electron chi connectivity index (χ2n) is 7.98. The Morgan fingerprint density at radius 1 is 1.03 bits per heavy atom. The summed E-state index contributed by atoms with van der Waals surface area (Å²) in [6.07, 6.45) is -7.79. The van der Waals surface area contributed by atoms with Crippen LogP contribution >= 0.6 is 0 Å². The molecule has 5 N–H and O–H groups in total. The second kappa shape index (κ2) is 9.65. The highest BCUT2D eigenvalue weighted by Crippen LogP contribution is 2.44. The second-order valence-corrected chi connectivity index (χ2v) is 7.98. The minimum Gasteiger partial charge on any atom is -0.507 e. The molecule has 0 aliphatic carbocycles. The summed E-state index contributed by atoms with van der Waals surface area (Å²) in [6.45, 7) is -0.609. The van der Waals surface area contributed by atoms with E-state index in [0.29, 0.717) is 17.5 Å². The van der Waals surface area contributed by atoms with Gasteiger partial charge in [0.1, 0.15) is 41.8 Å². The standard InChI is InChI=1S/C23H26O11/c1-30-14-7-11(13-6-10-4-3-5-12(25)17(10)22(29)32-13)8-15(31-2)21(14)34-23-20(28)19(27)18(26)16(9-24)33-23/h3-5,7-8,13,16,18-20,23-28H,6,9H2,1-2H3/t13-,16-,18-,19+,20-,23-/m1/s1. The molecule has 0 aromatic heterocycles. The van der Waals surface area contributed by atoms with E-state index in [1.165, 1.54) is 20.3 Å². The molecule has 6 atom stereocenters. The van der Waals surface area contributed by atoms with Gasteiger partial charge in [0.05, 0.1) is 20.8 Å². The van der Waals surface area contributed by atoms with Gasteiger partial charge in [0.2, 0.25) is 12.0 Å². The number of carbonyl (C=O) groups is 1. The summed E-state index contributed by atoms with van der Waals surface area (Å²) in [7, 11) is 2.75. The van der Waals surface area contributed by atoms with Crippen molar-refractivity contribution in [3.8, 4) is 23.0 Å². The van der Waals surface area contributed by atoms with Gasteiger partial charge in [-0.15, -0.1) is 0 Å². The van der Waals surface area contributed by atoms with E-state index in [4.69, 9.17) is 23.7 Å². The number of phenols is 1. The van der Waals surface area contributed by atoms with Gasteiger partial charge in [-0.1, -0.05) is 12.1 Å². The van der Waals surface area contributed by atoms with E-state index in [0.717, 1.165) is 0 Å². The molecule has 1 saturated heterocycles. The molecule has 0 amide bonds. The van der Waals surface area contributed by atoms with E-state index in [-0.39, 0.29) is 28.6 Å². The number of aliphatic hydroxyl groups is 4. The fourth-order valence-corrected chi connectivity index (χ4v) is 4.09. The number of cyclic esters (lactones) is 1. The third kappa shape index (κ3) is 4.24. The highest BCUT2D eigenvalue weighted by molar-refractivity contribution is 5.95. The summed E-state index contributed by atoms with van der Waals surface area (Å²) in [5.74, 6) is -0.477. The van der Waals surface area contributed by atoms with Crippen LogP contribution in [0.25, 0.3) is 0 Å².